The molecule has 0 fully saturated rings. The summed E-state index contributed by atoms with van der Waals surface area (Å²) in [5.41, 5.74) is 2.22. The van der Waals surface area contributed by atoms with Crippen molar-refractivity contribution >= 4 is 23.4 Å². The van der Waals surface area contributed by atoms with E-state index in [-0.39, 0.29) is 24.6 Å². The number of aryl methyl sites for hydroxylation is 2. The number of halogens is 1. The summed E-state index contributed by atoms with van der Waals surface area (Å²) < 4.78 is 0. The molecule has 0 aliphatic heterocycles. The normalized spacial score (nSPS) is 10.3. The molecule has 1 aromatic carbocycles. The average molecular weight is 348 g/mol. The van der Waals surface area contributed by atoms with Crippen LogP contribution in [0.3, 0.4) is 0 Å². The first-order chi connectivity index (χ1) is 11.4. The highest BCUT2D eigenvalue weighted by molar-refractivity contribution is 6.30. The lowest BCUT2D eigenvalue weighted by atomic mass is 10.1. The molecule has 126 valence electrons. The van der Waals surface area contributed by atoms with E-state index in [1.165, 1.54) is 6.07 Å². The highest BCUT2D eigenvalue weighted by Gasteiger charge is 2.10. The van der Waals surface area contributed by atoms with Crippen LogP contribution < -0.4 is 16.2 Å². The molecule has 0 bridgehead atoms. The highest BCUT2D eigenvalue weighted by Crippen LogP contribution is 2.10. The maximum atomic E-state index is 11.9. The minimum atomic E-state index is -0.392. The number of aromatic amines is 1. The summed E-state index contributed by atoms with van der Waals surface area (Å²) in [6.45, 7) is 3.52. The van der Waals surface area contributed by atoms with Crippen LogP contribution in [0, 0.1) is 13.8 Å². The lowest BCUT2D eigenvalue weighted by molar-refractivity contribution is -0.120. The van der Waals surface area contributed by atoms with Gasteiger partial charge in [0.1, 0.15) is 0 Å². The van der Waals surface area contributed by atoms with Crippen molar-refractivity contribution in [2.24, 2.45) is 0 Å². The summed E-state index contributed by atoms with van der Waals surface area (Å²) >= 11 is 5.82. The fraction of sp³-hybridized carbons (Fsp3) is 0.235. The van der Waals surface area contributed by atoms with E-state index < -0.39 is 5.91 Å². The first kappa shape index (κ1) is 17.7. The molecular formula is C17H18ClN3O3. The molecule has 7 heteroatoms. The second-order valence-corrected chi connectivity index (χ2v) is 5.85. The number of aromatic nitrogens is 1. The Hall–Kier alpha value is -2.60. The van der Waals surface area contributed by atoms with Gasteiger partial charge in [0, 0.05) is 28.4 Å². The number of hydrogen-bond acceptors (Lipinski definition) is 3. The Bertz CT molecular complexity index is 830. The zero-order valence-electron chi connectivity index (χ0n) is 13.4. The number of benzene rings is 1. The van der Waals surface area contributed by atoms with Crippen LogP contribution in [0.15, 0.2) is 35.1 Å². The van der Waals surface area contributed by atoms with E-state index in [2.05, 4.69) is 15.6 Å². The van der Waals surface area contributed by atoms with Crippen molar-refractivity contribution in [2.75, 3.05) is 6.54 Å². The Labute approximate surface area is 144 Å². The third kappa shape index (κ3) is 4.70. The van der Waals surface area contributed by atoms with Crippen LogP contribution in [0.4, 0.5) is 0 Å². The minimum absolute atomic E-state index is 0.104. The fourth-order valence-corrected chi connectivity index (χ4v) is 2.43. The van der Waals surface area contributed by atoms with Gasteiger partial charge in [-0.3, -0.25) is 14.4 Å². The molecule has 0 atom stereocenters. The first-order valence-electron chi connectivity index (χ1n) is 7.36. The van der Waals surface area contributed by atoms with Gasteiger partial charge in [-0.25, -0.2) is 0 Å². The number of nitrogens with one attached hydrogen (secondary N) is 3. The van der Waals surface area contributed by atoms with Gasteiger partial charge in [-0.05, 0) is 43.7 Å². The Morgan fingerprint density at radius 1 is 1.17 bits per heavy atom. The van der Waals surface area contributed by atoms with Gasteiger partial charge < -0.3 is 15.6 Å². The number of pyridine rings is 1. The molecule has 2 amide bonds. The zero-order chi connectivity index (χ0) is 17.7. The molecule has 0 aliphatic rings. The number of hydrogen-bond donors (Lipinski definition) is 3. The van der Waals surface area contributed by atoms with E-state index in [1.54, 1.807) is 25.1 Å². The summed E-state index contributed by atoms with van der Waals surface area (Å²) in [6, 6.07) is 8.28. The van der Waals surface area contributed by atoms with Crippen molar-refractivity contribution in [1.29, 1.82) is 0 Å². The topological polar surface area (TPSA) is 91.1 Å². The van der Waals surface area contributed by atoms with Gasteiger partial charge in [-0.1, -0.05) is 17.7 Å². The molecule has 24 heavy (non-hydrogen) atoms. The molecule has 1 heterocycles. The Balaban J connectivity index is 1.88. The number of carbonyl (C=O) groups excluding carboxylic acids is 2. The fourth-order valence-electron chi connectivity index (χ4n) is 2.24. The Morgan fingerprint density at radius 3 is 2.58 bits per heavy atom. The van der Waals surface area contributed by atoms with Crippen LogP contribution >= 0.6 is 11.6 Å². The van der Waals surface area contributed by atoms with E-state index in [1.807, 2.05) is 13.0 Å². The van der Waals surface area contributed by atoms with Crippen LogP contribution in [0.2, 0.25) is 5.02 Å². The molecule has 0 saturated heterocycles. The molecule has 6 nitrogen and oxygen atoms in total. The van der Waals surface area contributed by atoms with Crippen molar-refractivity contribution in [3.63, 3.8) is 0 Å². The maximum absolute atomic E-state index is 11.9. The second-order valence-electron chi connectivity index (χ2n) is 5.41. The SMILES string of the molecule is Cc1cc(C)c(CNC(=O)CNC(=O)c2cccc(Cl)c2)c(=O)[nH]1. The van der Waals surface area contributed by atoms with Crippen molar-refractivity contribution in [3.8, 4) is 0 Å². The summed E-state index contributed by atoms with van der Waals surface area (Å²) in [6.07, 6.45) is 0. The lowest BCUT2D eigenvalue weighted by Crippen LogP contribution is -2.37. The van der Waals surface area contributed by atoms with Gasteiger partial charge in [-0.2, -0.15) is 0 Å². The molecule has 0 saturated carbocycles. The Morgan fingerprint density at radius 2 is 1.92 bits per heavy atom. The van der Waals surface area contributed by atoms with Crippen LogP contribution in [0.25, 0.3) is 0 Å². The maximum Gasteiger partial charge on any atom is 0.253 e. The molecular weight excluding hydrogens is 330 g/mol. The van der Waals surface area contributed by atoms with Gasteiger partial charge in [-0.15, -0.1) is 0 Å². The number of amides is 2. The predicted octanol–water partition coefficient (Wildman–Crippen LogP) is 1.69. The number of carbonyl (C=O) groups is 2. The largest absolute Gasteiger partial charge is 0.350 e. The van der Waals surface area contributed by atoms with E-state index in [9.17, 15) is 14.4 Å². The zero-order valence-corrected chi connectivity index (χ0v) is 14.2. The summed E-state index contributed by atoms with van der Waals surface area (Å²) in [5, 5.41) is 5.57. The van der Waals surface area contributed by atoms with Crippen molar-refractivity contribution in [2.45, 2.75) is 20.4 Å². The molecule has 1 aromatic heterocycles. The summed E-state index contributed by atoms with van der Waals surface area (Å²) in [5.74, 6) is -0.776. The van der Waals surface area contributed by atoms with Gasteiger partial charge in [0.05, 0.1) is 6.54 Å². The van der Waals surface area contributed by atoms with Crippen LogP contribution in [0.5, 0.6) is 0 Å². The van der Waals surface area contributed by atoms with Crippen LogP contribution in [0.1, 0.15) is 27.2 Å². The lowest BCUT2D eigenvalue weighted by Gasteiger charge is -2.09. The van der Waals surface area contributed by atoms with E-state index in [4.69, 9.17) is 11.6 Å². The molecule has 3 N–H and O–H groups in total. The predicted molar refractivity (Wildman–Crippen MR) is 92.2 cm³/mol. The standard InChI is InChI=1S/C17H18ClN3O3/c1-10-6-11(2)21-17(24)14(10)8-19-15(22)9-20-16(23)12-4-3-5-13(18)7-12/h3-7H,8-9H2,1-2H3,(H,19,22)(H,20,23)(H,21,24). The van der Waals surface area contributed by atoms with Gasteiger partial charge in [0.25, 0.3) is 11.5 Å². The first-order valence-corrected chi connectivity index (χ1v) is 7.74. The van der Waals surface area contributed by atoms with Crippen molar-refractivity contribution in [3.05, 3.63) is 68.1 Å². The van der Waals surface area contributed by atoms with Crippen molar-refractivity contribution in [1.82, 2.24) is 15.6 Å². The van der Waals surface area contributed by atoms with E-state index in [0.717, 1.165) is 11.3 Å². The molecule has 0 radical (unpaired) electrons. The van der Waals surface area contributed by atoms with Gasteiger partial charge >= 0.3 is 0 Å². The van der Waals surface area contributed by atoms with Gasteiger partial charge in [0.2, 0.25) is 5.91 Å². The number of H-pyrrole nitrogens is 1. The van der Waals surface area contributed by atoms with E-state index in [0.29, 0.717) is 16.1 Å². The number of rotatable bonds is 5. The molecule has 0 spiro atoms. The van der Waals surface area contributed by atoms with Crippen molar-refractivity contribution < 1.29 is 9.59 Å². The molecule has 2 aromatic rings. The quantitative estimate of drug-likeness (QED) is 0.768. The summed E-state index contributed by atoms with van der Waals surface area (Å²) in [4.78, 5) is 38.3. The molecule has 0 unspecified atom stereocenters. The molecule has 0 aliphatic carbocycles. The van der Waals surface area contributed by atoms with Crippen LogP contribution in [-0.2, 0) is 11.3 Å². The third-order valence-electron chi connectivity index (χ3n) is 3.45. The highest BCUT2D eigenvalue weighted by atomic mass is 35.5. The second kappa shape index (κ2) is 7.79. The molecule has 2 rings (SSSR count). The van der Waals surface area contributed by atoms with Gasteiger partial charge in [0.15, 0.2) is 0 Å². The van der Waals surface area contributed by atoms with Crippen LogP contribution in [-0.4, -0.2) is 23.3 Å². The Kier molecular flexibility index (Phi) is 5.76. The minimum Gasteiger partial charge on any atom is -0.350 e. The summed E-state index contributed by atoms with van der Waals surface area (Å²) in [7, 11) is 0. The average Bonchev–Trinajstić information content (AvgIpc) is 2.51. The third-order valence-corrected chi connectivity index (χ3v) is 3.69. The smallest absolute Gasteiger partial charge is 0.253 e. The van der Waals surface area contributed by atoms with E-state index >= 15 is 0 Å². The monoisotopic (exact) mass is 347 g/mol.